The highest BCUT2D eigenvalue weighted by atomic mass is 16.4. The van der Waals surface area contributed by atoms with Crippen LogP contribution in [0.5, 0.6) is 0 Å². The summed E-state index contributed by atoms with van der Waals surface area (Å²) in [6.07, 6.45) is 8.19. The van der Waals surface area contributed by atoms with Crippen molar-refractivity contribution < 1.29 is 9.90 Å². The van der Waals surface area contributed by atoms with Crippen LogP contribution >= 0.6 is 0 Å². The lowest BCUT2D eigenvalue weighted by molar-refractivity contribution is -0.142. The van der Waals surface area contributed by atoms with Crippen LogP contribution in [0.25, 0.3) is 0 Å². The molecule has 0 radical (unpaired) electrons. The minimum Gasteiger partial charge on any atom is -0.480 e. The number of carbonyl (C=O) groups is 1. The first-order valence-corrected chi connectivity index (χ1v) is 6.93. The summed E-state index contributed by atoms with van der Waals surface area (Å²) in [6, 6.07) is -0.371. The van der Waals surface area contributed by atoms with Gasteiger partial charge in [-0.1, -0.05) is 39.0 Å². The van der Waals surface area contributed by atoms with E-state index in [9.17, 15) is 4.79 Å². The van der Waals surface area contributed by atoms with Crippen LogP contribution in [-0.4, -0.2) is 35.6 Å². The van der Waals surface area contributed by atoms with Gasteiger partial charge < -0.3 is 5.11 Å². The van der Waals surface area contributed by atoms with Crippen molar-refractivity contribution in [2.45, 2.75) is 58.4 Å². The summed E-state index contributed by atoms with van der Waals surface area (Å²) in [6.45, 7) is 4.90. The van der Waals surface area contributed by atoms with E-state index >= 15 is 0 Å². The van der Waals surface area contributed by atoms with E-state index in [2.05, 4.69) is 6.92 Å². The van der Waals surface area contributed by atoms with Gasteiger partial charge in [0.15, 0.2) is 0 Å². The molecule has 17 heavy (non-hydrogen) atoms. The Morgan fingerprint density at radius 1 is 1.29 bits per heavy atom. The summed E-state index contributed by atoms with van der Waals surface area (Å²) in [5.74, 6) is 0.759. The molecular formula is C14H27NO2. The highest BCUT2D eigenvalue weighted by Crippen LogP contribution is 2.29. The fourth-order valence-corrected chi connectivity index (χ4v) is 2.90. The SMILES string of the molecule is CC(CC1CCCCC1)CN(C)C(C)C(=O)O. The van der Waals surface area contributed by atoms with E-state index in [1.54, 1.807) is 6.92 Å². The third-order valence-corrected chi connectivity index (χ3v) is 4.08. The molecule has 0 aromatic carbocycles. The van der Waals surface area contributed by atoms with Crippen molar-refractivity contribution >= 4 is 5.97 Å². The quantitative estimate of drug-likeness (QED) is 0.777. The second kappa shape index (κ2) is 7.00. The molecule has 1 fully saturated rings. The molecule has 1 rings (SSSR count). The molecule has 1 aliphatic carbocycles. The van der Waals surface area contributed by atoms with Gasteiger partial charge in [0.2, 0.25) is 0 Å². The molecule has 3 heteroatoms. The number of hydrogen-bond acceptors (Lipinski definition) is 2. The third kappa shape index (κ3) is 5.07. The third-order valence-electron chi connectivity index (χ3n) is 4.08. The molecule has 0 aromatic heterocycles. The highest BCUT2D eigenvalue weighted by Gasteiger charge is 2.21. The van der Waals surface area contributed by atoms with Crippen LogP contribution in [-0.2, 0) is 4.79 Å². The molecule has 0 heterocycles. The smallest absolute Gasteiger partial charge is 0.320 e. The first-order chi connectivity index (χ1) is 8.00. The molecule has 3 nitrogen and oxygen atoms in total. The second-order valence-corrected chi connectivity index (χ2v) is 5.80. The Morgan fingerprint density at radius 2 is 1.88 bits per heavy atom. The summed E-state index contributed by atoms with van der Waals surface area (Å²) in [4.78, 5) is 12.8. The Hall–Kier alpha value is -0.570. The predicted octanol–water partition coefficient (Wildman–Crippen LogP) is 3.00. The molecule has 0 amide bonds. The molecule has 2 unspecified atom stereocenters. The van der Waals surface area contributed by atoms with Gasteiger partial charge in [-0.05, 0) is 32.2 Å². The van der Waals surface area contributed by atoms with Gasteiger partial charge in [-0.3, -0.25) is 9.69 Å². The van der Waals surface area contributed by atoms with Gasteiger partial charge in [-0.25, -0.2) is 0 Å². The van der Waals surface area contributed by atoms with Crippen molar-refractivity contribution in [3.05, 3.63) is 0 Å². The topological polar surface area (TPSA) is 40.5 Å². The number of aliphatic carboxylic acids is 1. The summed E-state index contributed by atoms with van der Waals surface area (Å²) >= 11 is 0. The van der Waals surface area contributed by atoms with E-state index in [1.807, 2.05) is 11.9 Å². The zero-order valence-electron chi connectivity index (χ0n) is 11.5. The van der Waals surface area contributed by atoms with Crippen molar-refractivity contribution in [2.24, 2.45) is 11.8 Å². The Bertz CT molecular complexity index is 236. The van der Waals surface area contributed by atoms with Crippen LogP contribution in [0.15, 0.2) is 0 Å². The summed E-state index contributed by atoms with van der Waals surface area (Å²) in [5, 5.41) is 8.95. The van der Waals surface area contributed by atoms with Gasteiger partial charge in [0.25, 0.3) is 0 Å². The van der Waals surface area contributed by atoms with Crippen molar-refractivity contribution in [3.63, 3.8) is 0 Å². The predicted molar refractivity (Wildman–Crippen MR) is 70.1 cm³/mol. The van der Waals surface area contributed by atoms with Gasteiger partial charge in [-0.15, -0.1) is 0 Å². The monoisotopic (exact) mass is 241 g/mol. The number of likely N-dealkylation sites (N-methyl/N-ethyl adjacent to an activating group) is 1. The highest BCUT2D eigenvalue weighted by molar-refractivity contribution is 5.72. The lowest BCUT2D eigenvalue weighted by Crippen LogP contribution is -2.38. The molecule has 0 aromatic rings. The van der Waals surface area contributed by atoms with Gasteiger partial charge in [0.05, 0.1) is 0 Å². The standard InChI is InChI=1S/C14H27NO2/c1-11(9-13-7-5-4-6-8-13)10-15(3)12(2)14(16)17/h11-13H,4-10H2,1-3H3,(H,16,17). The van der Waals surface area contributed by atoms with E-state index in [4.69, 9.17) is 5.11 Å². The van der Waals surface area contributed by atoms with Gasteiger partial charge in [-0.2, -0.15) is 0 Å². The molecule has 1 saturated carbocycles. The van der Waals surface area contributed by atoms with Crippen LogP contribution < -0.4 is 0 Å². The number of carboxylic acid groups (broad SMARTS) is 1. The lowest BCUT2D eigenvalue weighted by Gasteiger charge is -2.28. The maximum atomic E-state index is 10.9. The van der Waals surface area contributed by atoms with E-state index in [0.29, 0.717) is 5.92 Å². The van der Waals surface area contributed by atoms with E-state index in [0.717, 1.165) is 12.5 Å². The zero-order chi connectivity index (χ0) is 12.8. The van der Waals surface area contributed by atoms with Crippen molar-refractivity contribution in [1.29, 1.82) is 0 Å². The number of rotatable bonds is 6. The zero-order valence-corrected chi connectivity index (χ0v) is 11.5. The maximum absolute atomic E-state index is 10.9. The molecule has 1 aliphatic rings. The summed E-state index contributed by atoms with van der Waals surface area (Å²) < 4.78 is 0. The average Bonchev–Trinajstić information content (AvgIpc) is 2.28. The summed E-state index contributed by atoms with van der Waals surface area (Å²) in [7, 11) is 1.91. The average molecular weight is 241 g/mol. The minimum absolute atomic E-state index is 0.371. The van der Waals surface area contributed by atoms with Crippen molar-refractivity contribution in [1.82, 2.24) is 4.90 Å². The van der Waals surface area contributed by atoms with Gasteiger partial charge in [0, 0.05) is 6.54 Å². The second-order valence-electron chi connectivity index (χ2n) is 5.80. The molecule has 1 N–H and O–H groups in total. The number of hydrogen-bond donors (Lipinski definition) is 1. The Balaban J connectivity index is 2.27. The number of carboxylic acids is 1. The molecule has 0 saturated heterocycles. The van der Waals surface area contributed by atoms with Crippen LogP contribution in [0.1, 0.15) is 52.4 Å². The van der Waals surface area contributed by atoms with Crippen molar-refractivity contribution in [2.75, 3.05) is 13.6 Å². The van der Waals surface area contributed by atoms with Crippen LogP contribution in [0.3, 0.4) is 0 Å². The molecule has 0 spiro atoms. The first-order valence-electron chi connectivity index (χ1n) is 6.93. The Kier molecular flexibility index (Phi) is 5.96. The maximum Gasteiger partial charge on any atom is 0.320 e. The Morgan fingerprint density at radius 3 is 2.41 bits per heavy atom. The molecule has 0 bridgehead atoms. The van der Waals surface area contributed by atoms with Crippen LogP contribution in [0.4, 0.5) is 0 Å². The molecular weight excluding hydrogens is 214 g/mol. The van der Waals surface area contributed by atoms with Gasteiger partial charge in [0.1, 0.15) is 6.04 Å². The largest absolute Gasteiger partial charge is 0.480 e. The molecule has 2 atom stereocenters. The fourth-order valence-electron chi connectivity index (χ4n) is 2.90. The number of nitrogens with zero attached hydrogens (tertiary/aromatic N) is 1. The van der Waals surface area contributed by atoms with E-state index in [-0.39, 0.29) is 6.04 Å². The lowest BCUT2D eigenvalue weighted by atomic mass is 9.83. The van der Waals surface area contributed by atoms with Crippen molar-refractivity contribution in [3.8, 4) is 0 Å². The molecule has 0 aliphatic heterocycles. The van der Waals surface area contributed by atoms with E-state index in [1.165, 1.54) is 38.5 Å². The summed E-state index contributed by atoms with van der Waals surface area (Å²) in [5.41, 5.74) is 0. The fraction of sp³-hybridized carbons (Fsp3) is 0.929. The van der Waals surface area contributed by atoms with Crippen LogP contribution in [0.2, 0.25) is 0 Å². The minimum atomic E-state index is -0.725. The van der Waals surface area contributed by atoms with Crippen LogP contribution in [0, 0.1) is 11.8 Å². The Labute approximate surface area is 105 Å². The van der Waals surface area contributed by atoms with Gasteiger partial charge >= 0.3 is 5.97 Å². The molecule has 100 valence electrons. The normalized spacial score (nSPS) is 21.4. The first kappa shape index (κ1) is 14.5. The van der Waals surface area contributed by atoms with E-state index < -0.39 is 5.97 Å².